The van der Waals surface area contributed by atoms with E-state index in [4.69, 9.17) is 11.6 Å². The largest absolute Gasteiger partial charge is 0.270 e. The van der Waals surface area contributed by atoms with E-state index < -0.39 is 20.0 Å². The fraction of sp³-hybridized carbons (Fsp3) is 0.300. The van der Waals surface area contributed by atoms with Crippen molar-refractivity contribution in [2.45, 2.75) is 29.7 Å². The van der Waals surface area contributed by atoms with E-state index in [1.54, 1.807) is 13.8 Å². The lowest BCUT2D eigenvalue weighted by molar-refractivity contribution is 0.569. The lowest BCUT2D eigenvalue weighted by Gasteiger charge is -2.16. The SMILES string of the molecule is CC(C)NS(=O)(=O)c1cc2c(cc1Cl)N=CNS2(=O)=O. The Bertz CT molecular complexity index is 785. The number of benzene rings is 1. The van der Waals surface area contributed by atoms with Crippen molar-refractivity contribution in [1.82, 2.24) is 9.44 Å². The first-order valence-electron chi connectivity index (χ1n) is 5.54. The third-order valence-electron chi connectivity index (χ3n) is 2.39. The minimum Gasteiger partial charge on any atom is -0.270 e. The van der Waals surface area contributed by atoms with Crippen LogP contribution in [0.2, 0.25) is 5.02 Å². The van der Waals surface area contributed by atoms with Gasteiger partial charge >= 0.3 is 0 Å². The fourth-order valence-corrected chi connectivity index (χ4v) is 4.50. The van der Waals surface area contributed by atoms with Gasteiger partial charge in [0, 0.05) is 6.04 Å². The van der Waals surface area contributed by atoms with E-state index in [2.05, 4.69) is 14.4 Å². The molecule has 0 amide bonds. The van der Waals surface area contributed by atoms with E-state index >= 15 is 0 Å². The zero-order valence-corrected chi connectivity index (χ0v) is 13.0. The highest BCUT2D eigenvalue weighted by Crippen LogP contribution is 2.34. The van der Waals surface area contributed by atoms with Crippen molar-refractivity contribution in [1.29, 1.82) is 0 Å². The number of halogens is 1. The summed E-state index contributed by atoms with van der Waals surface area (Å²) in [6, 6.07) is 1.86. The van der Waals surface area contributed by atoms with Crippen LogP contribution in [-0.4, -0.2) is 29.2 Å². The van der Waals surface area contributed by atoms with Gasteiger partial charge in [-0.25, -0.2) is 26.6 Å². The molecule has 0 atom stereocenters. The van der Waals surface area contributed by atoms with Gasteiger partial charge < -0.3 is 0 Å². The van der Waals surface area contributed by atoms with Crippen LogP contribution in [0.5, 0.6) is 0 Å². The summed E-state index contributed by atoms with van der Waals surface area (Å²) in [4.78, 5) is 3.29. The Labute approximate surface area is 122 Å². The summed E-state index contributed by atoms with van der Waals surface area (Å²) in [6.45, 7) is 3.29. The molecule has 0 fully saturated rings. The normalized spacial score (nSPS) is 16.8. The van der Waals surface area contributed by atoms with E-state index in [0.29, 0.717) is 0 Å². The third-order valence-corrected chi connectivity index (χ3v) is 5.84. The maximum absolute atomic E-state index is 12.1. The van der Waals surface area contributed by atoms with E-state index in [1.165, 1.54) is 6.07 Å². The fourth-order valence-electron chi connectivity index (χ4n) is 1.65. The molecule has 1 aromatic carbocycles. The molecule has 0 spiro atoms. The van der Waals surface area contributed by atoms with Gasteiger partial charge in [-0.2, -0.15) is 0 Å². The predicted molar refractivity (Wildman–Crippen MR) is 75.4 cm³/mol. The van der Waals surface area contributed by atoms with Crippen LogP contribution < -0.4 is 9.44 Å². The maximum atomic E-state index is 12.1. The quantitative estimate of drug-likeness (QED) is 0.857. The molecule has 1 aliphatic heterocycles. The molecule has 0 saturated heterocycles. The lowest BCUT2D eigenvalue weighted by Crippen LogP contribution is -2.31. The molecule has 0 saturated carbocycles. The molecule has 20 heavy (non-hydrogen) atoms. The molecule has 1 aliphatic rings. The first kappa shape index (κ1) is 15.2. The van der Waals surface area contributed by atoms with Crippen LogP contribution in [0, 0.1) is 0 Å². The van der Waals surface area contributed by atoms with Gasteiger partial charge in [-0.05, 0) is 26.0 Å². The summed E-state index contributed by atoms with van der Waals surface area (Å²) in [5.41, 5.74) is 0.0947. The highest BCUT2D eigenvalue weighted by Gasteiger charge is 2.27. The number of nitrogens with zero attached hydrogens (tertiary/aromatic N) is 1. The number of hydrogen-bond acceptors (Lipinski definition) is 5. The van der Waals surface area contributed by atoms with Gasteiger partial charge in [0.1, 0.15) is 16.1 Å². The zero-order valence-electron chi connectivity index (χ0n) is 10.6. The van der Waals surface area contributed by atoms with Gasteiger partial charge in [-0.1, -0.05) is 11.6 Å². The van der Waals surface area contributed by atoms with Crippen LogP contribution in [0.4, 0.5) is 5.69 Å². The molecular formula is C10H12ClN3O4S2. The Morgan fingerprint density at radius 2 is 2.00 bits per heavy atom. The second-order valence-electron chi connectivity index (χ2n) is 4.41. The van der Waals surface area contributed by atoms with Gasteiger partial charge in [-0.3, -0.25) is 4.72 Å². The molecule has 2 N–H and O–H groups in total. The third kappa shape index (κ3) is 2.80. The van der Waals surface area contributed by atoms with Crippen molar-refractivity contribution in [2.24, 2.45) is 4.99 Å². The van der Waals surface area contributed by atoms with Crippen LogP contribution in [0.3, 0.4) is 0 Å². The Kier molecular flexibility index (Phi) is 3.80. The zero-order chi connectivity index (χ0) is 15.1. The smallest absolute Gasteiger partial charge is 0.264 e. The summed E-state index contributed by atoms with van der Waals surface area (Å²) in [5, 5.41) is -0.0915. The maximum Gasteiger partial charge on any atom is 0.264 e. The average molecular weight is 338 g/mol. The number of fused-ring (bicyclic) bond motifs is 1. The molecule has 2 rings (SSSR count). The molecule has 7 nitrogen and oxygen atoms in total. The molecule has 1 heterocycles. The summed E-state index contributed by atoms with van der Waals surface area (Å²) < 4.78 is 52.3. The number of rotatable bonds is 3. The molecule has 110 valence electrons. The minimum absolute atomic E-state index is 0.0915. The summed E-state index contributed by atoms with van der Waals surface area (Å²) >= 11 is 5.91. The predicted octanol–water partition coefficient (Wildman–Crippen LogP) is 0.978. The highest BCUT2D eigenvalue weighted by atomic mass is 35.5. The van der Waals surface area contributed by atoms with Gasteiger partial charge in [0.05, 0.1) is 10.7 Å². The van der Waals surface area contributed by atoms with Gasteiger partial charge in [0.2, 0.25) is 10.0 Å². The first-order chi connectivity index (χ1) is 9.13. The van der Waals surface area contributed by atoms with Gasteiger partial charge in [-0.15, -0.1) is 0 Å². The molecule has 0 unspecified atom stereocenters. The molecule has 1 aromatic rings. The van der Waals surface area contributed by atoms with E-state index in [9.17, 15) is 16.8 Å². The molecule has 0 aromatic heterocycles. The van der Waals surface area contributed by atoms with Crippen LogP contribution in [0.25, 0.3) is 0 Å². The lowest BCUT2D eigenvalue weighted by atomic mass is 10.3. The Balaban J connectivity index is 2.67. The Hall–Kier alpha value is -1.16. The van der Waals surface area contributed by atoms with Crippen LogP contribution in [0.1, 0.15) is 13.8 Å². The second kappa shape index (κ2) is 4.99. The van der Waals surface area contributed by atoms with Crippen molar-refractivity contribution in [3.63, 3.8) is 0 Å². The van der Waals surface area contributed by atoms with Crippen LogP contribution >= 0.6 is 11.6 Å². The number of aliphatic imine (C=N–C) groups is 1. The van der Waals surface area contributed by atoms with Crippen LogP contribution in [-0.2, 0) is 20.0 Å². The monoisotopic (exact) mass is 337 g/mol. The first-order valence-corrected chi connectivity index (χ1v) is 8.88. The van der Waals surface area contributed by atoms with Crippen LogP contribution in [0.15, 0.2) is 26.9 Å². The number of hydrogen-bond donors (Lipinski definition) is 2. The molecule has 0 bridgehead atoms. The molecular weight excluding hydrogens is 326 g/mol. The van der Waals surface area contributed by atoms with Crippen molar-refractivity contribution in [2.75, 3.05) is 0 Å². The van der Waals surface area contributed by atoms with E-state index in [-0.39, 0.29) is 26.5 Å². The number of sulfonamides is 2. The van der Waals surface area contributed by atoms with Crippen molar-refractivity contribution >= 4 is 43.7 Å². The Morgan fingerprint density at radius 1 is 1.35 bits per heavy atom. The standard InChI is InChI=1S/C10H12ClN3O4S2/c1-6(2)14-20(17,18)9-4-10-8(3-7(9)11)12-5-13-19(10,15)16/h3-6,14H,1-2H3,(H,12,13). The highest BCUT2D eigenvalue weighted by molar-refractivity contribution is 7.90. The van der Waals surface area contributed by atoms with E-state index in [0.717, 1.165) is 12.4 Å². The van der Waals surface area contributed by atoms with Crippen molar-refractivity contribution in [3.8, 4) is 0 Å². The molecule has 10 heteroatoms. The minimum atomic E-state index is -3.90. The topological polar surface area (TPSA) is 105 Å². The molecule has 0 aliphatic carbocycles. The number of nitrogens with one attached hydrogen (secondary N) is 2. The molecule has 0 radical (unpaired) electrons. The summed E-state index contributed by atoms with van der Waals surface area (Å²) in [6.07, 6.45) is 1.01. The average Bonchev–Trinajstić information content (AvgIpc) is 2.25. The van der Waals surface area contributed by atoms with Gasteiger partial charge in [0.25, 0.3) is 10.0 Å². The Morgan fingerprint density at radius 3 is 2.60 bits per heavy atom. The van der Waals surface area contributed by atoms with Crippen molar-refractivity contribution < 1.29 is 16.8 Å². The van der Waals surface area contributed by atoms with E-state index in [1.807, 2.05) is 0 Å². The van der Waals surface area contributed by atoms with Crippen molar-refractivity contribution in [3.05, 3.63) is 17.2 Å². The summed E-state index contributed by atoms with van der Waals surface area (Å²) in [7, 11) is -7.72. The van der Waals surface area contributed by atoms with Gasteiger partial charge in [0.15, 0.2) is 0 Å². The summed E-state index contributed by atoms with van der Waals surface area (Å²) in [5.74, 6) is 0. The second-order valence-corrected chi connectivity index (χ2v) is 8.18.